The highest BCUT2D eigenvalue weighted by atomic mass is 16.5. The van der Waals surface area contributed by atoms with Crippen molar-refractivity contribution in [1.29, 1.82) is 0 Å². The normalized spacial score (nSPS) is 11.6. The van der Waals surface area contributed by atoms with Crippen LogP contribution in [0.4, 0.5) is 4.79 Å². The fraction of sp³-hybridized carbons (Fsp3) is 0.238. The maximum absolute atomic E-state index is 12.2. The summed E-state index contributed by atoms with van der Waals surface area (Å²) in [4.78, 5) is 27.8. The maximum atomic E-state index is 12.2. The first kappa shape index (κ1) is 20.1. The van der Waals surface area contributed by atoms with Crippen LogP contribution >= 0.6 is 0 Å². The molecule has 0 fully saturated rings. The molecule has 0 aliphatic heterocycles. The average molecular weight is 394 g/mol. The zero-order valence-corrected chi connectivity index (χ0v) is 16.0. The van der Waals surface area contributed by atoms with Crippen LogP contribution in [0.2, 0.25) is 0 Å². The second kappa shape index (κ2) is 9.50. The molecule has 0 radical (unpaired) electrons. The maximum Gasteiger partial charge on any atom is 0.408 e. The van der Waals surface area contributed by atoms with Gasteiger partial charge in [-0.25, -0.2) is 4.79 Å². The quantitative estimate of drug-likeness (QED) is 0.605. The number of hydrogen-bond donors (Lipinski definition) is 2. The van der Waals surface area contributed by atoms with Gasteiger partial charge < -0.3 is 20.3 Å². The van der Waals surface area contributed by atoms with E-state index in [1.807, 2.05) is 61.5 Å². The molecule has 0 spiro atoms. The first-order chi connectivity index (χ1) is 14.0. The van der Waals surface area contributed by atoms with Gasteiger partial charge in [0.05, 0.1) is 0 Å². The summed E-state index contributed by atoms with van der Waals surface area (Å²) >= 11 is 0. The highest BCUT2D eigenvalue weighted by Crippen LogP contribution is 2.22. The van der Waals surface area contributed by atoms with Gasteiger partial charge in [0.15, 0.2) is 0 Å². The van der Waals surface area contributed by atoms with Crippen LogP contribution in [-0.4, -0.2) is 22.1 Å². The number of hydrogen-bond acceptors (Lipinski definition) is 6. The molecule has 2 aromatic carbocycles. The van der Waals surface area contributed by atoms with Crippen molar-refractivity contribution >= 4 is 12.0 Å². The number of nitrogens with one attached hydrogen (secondary N) is 1. The zero-order chi connectivity index (χ0) is 20.6. The zero-order valence-electron chi connectivity index (χ0n) is 16.0. The van der Waals surface area contributed by atoms with Crippen LogP contribution in [0.3, 0.4) is 0 Å². The lowest BCUT2D eigenvalue weighted by atomic mass is 10.1. The minimum absolute atomic E-state index is 0.0475. The molecule has 2 amide bonds. The minimum atomic E-state index is -0.697. The van der Waals surface area contributed by atoms with Crippen LogP contribution in [0.5, 0.6) is 0 Å². The highest BCUT2D eigenvalue weighted by molar-refractivity contribution is 5.74. The summed E-state index contributed by atoms with van der Waals surface area (Å²) in [5.41, 5.74) is 8.00. The van der Waals surface area contributed by atoms with Gasteiger partial charge in [-0.15, -0.1) is 0 Å². The van der Waals surface area contributed by atoms with Gasteiger partial charge in [0.1, 0.15) is 12.6 Å². The van der Waals surface area contributed by atoms with Crippen LogP contribution in [0.25, 0.3) is 11.4 Å². The molecule has 150 valence electrons. The van der Waals surface area contributed by atoms with Gasteiger partial charge in [0, 0.05) is 12.0 Å². The summed E-state index contributed by atoms with van der Waals surface area (Å²) in [6, 6.07) is 16.2. The number of aromatic nitrogens is 2. The summed E-state index contributed by atoms with van der Waals surface area (Å²) < 4.78 is 10.6. The molecular formula is C21H22N4O4. The van der Waals surface area contributed by atoms with Gasteiger partial charge >= 0.3 is 6.09 Å². The number of benzene rings is 2. The lowest BCUT2D eigenvalue weighted by molar-refractivity contribution is -0.118. The Morgan fingerprint density at radius 2 is 1.86 bits per heavy atom. The number of rotatable bonds is 8. The Hall–Kier alpha value is -3.68. The van der Waals surface area contributed by atoms with Crippen LogP contribution in [0.1, 0.15) is 35.9 Å². The third kappa shape index (κ3) is 5.90. The molecule has 0 saturated heterocycles. The van der Waals surface area contributed by atoms with E-state index in [1.54, 1.807) is 0 Å². The van der Waals surface area contributed by atoms with Crippen molar-refractivity contribution in [3.63, 3.8) is 0 Å². The molecule has 0 unspecified atom stereocenters. The molecular weight excluding hydrogens is 372 g/mol. The first-order valence-corrected chi connectivity index (χ1v) is 9.17. The van der Waals surface area contributed by atoms with Gasteiger partial charge in [0.25, 0.3) is 0 Å². The Morgan fingerprint density at radius 1 is 1.14 bits per heavy atom. The fourth-order valence-electron chi connectivity index (χ4n) is 2.65. The number of carbonyl (C=O) groups excluding carboxylic acids is 2. The summed E-state index contributed by atoms with van der Waals surface area (Å²) in [5, 5.41) is 6.64. The van der Waals surface area contributed by atoms with Gasteiger partial charge in [-0.2, -0.15) is 4.98 Å². The average Bonchev–Trinajstić information content (AvgIpc) is 3.21. The molecule has 3 N–H and O–H groups in total. The molecule has 0 aliphatic rings. The second-order valence-electron chi connectivity index (χ2n) is 6.59. The summed E-state index contributed by atoms with van der Waals surface area (Å²) in [5.74, 6) is 0.0785. The number of alkyl carbamates (subject to hydrolysis) is 1. The van der Waals surface area contributed by atoms with E-state index in [0.717, 1.165) is 16.7 Å². The molecule has 3 rings (SSSR count). The third-order valence-corrected chi connectivity index (χ3v) is 4.23. The summed E-state index contributed by atoms with van der Waals surface area (Å²) in [6.07, 6.45) is -0.393. The van der Waals surface area contributed by atoms with Gasteiger partial charge in [-0.05, 0) is 18.9 Å². The number of nitrogens with two attached hydrogens (primary N) is 1. The predicted molar refractivity (Wildman–Crippen MR) is 105 cm³/mol. The molecule has 8 heteroatoms. The van der Waals surface area contributed by atoms with Gasteiger partial charge in [-0.3, -0.25) is 4.79 Å². The third-order valence-electron chi connectivity index (χ3n) is 4.23. The summed E-state index contributed by atoms with van der Waals surface area (Å²) in [7, 11) is 0. The lowest BCUT2D eigenvalue weighted by Crippen LogP contribution is -2.30. The Labute approximate surface area is 168 Å². The Kier molecular flexibility index (Phi) is 6.57. The van der Waals surface area contributed by atoms with Crippen LogP contribution < -0.4 is 11.1 Å². The van der Waals surface area contributed by atoms with Crippen molar-refractivity contribution in [3.8, 4) is 11.4 Å². The molecule has 29 heavy (non-hydrogen) atoms. The van der Waals surface area contributed by atoms with Gasteiger partial charge in [0.2, 0.25) is 17.6 Å². The van der Waals surface area contributed by atoms with Crippen LogP contribution in [-0.2, 0) is 16.1 Å². The summed E-state index contributed by atoms with van der Waals surface area (Å²) in [6.45, 7) is 2.10. The number of aryl methyl sites for hydroxylation is 1. The van der Waals surface area contributed by atoms with Gasteiger partial charge in [-0.1, -0.05) is 65.3 Å². The monoisotopic (exact) mass is 394 g/mol. The number of ether oxygens (including phenoxy) is 1. The number of nitrogens with zero attached hydrogens (tertiary/aromatic N) is 2. The lowest BCUT2D eigenvalue weighted by Gasteiger charge is -2.14. The standard InChI is InChI=1S/C21H22N4O4/c1-14-7-9-16(10-8-14)19-24-20(29-25-19)17(11-12-18(22)26)23-21(27)28-13-15-5-3-2-4-6-15/h2-10,17H,11-13H2,1H3,(H2,22,26)(H,23,27)/t17-/m0/s1. The molecule has 3 aromatic rings. The number of primary amides is 1. The first-order valence-electron chi connectivity index (χ1n) is 9.17. The molecule has 1 heterocycles. The van der Waals surface area contributed by atoms with Crippen molar-refractivity contribution < 1.29 is 18.8 Å². The molecule has 0 saturated carbocycles. The van der Waals surface area contributed by atoms with E-state index in [1.165, 1.54) is 0 Å². The van der Waals surface area contributed by atoms with Crippen molar-refractivity contribution in [2.75, 3.05) is 0 Å². The smallest absolute Gasteiger partial charge is 0.408 e. The number of carbonyl (C=O) groups is 2. The minimum Gasteiger partial charge on any atom is -0.445 e. The SMILES string of the molecule is Cc1ccc(-c2noc([C@H](CCC(N)=O)NC(=O)OCc3ccccc3)n2)cc1. The van der Waals surface area contributed by atoms with Crippen LogP contribution in [0, 0.1) is 6.92 Å². The van der Waals surface area contributed by atoms with E-state index in [2.05, 4.69) is 15.5 Å². The van der Waals surface area contributed by atoms with Crippen molar-refractivity contribution in [1.82, 2.24) is 15.5 Å². The van der Waals surface area contributed by atoms with E-state index in [-0.39, 0.29) is 25.3 Å². The molecule has 1 atom stereocenters. The Bertz CT molecular complexity index is 954. The van der Waals surface area contributed by atoms with Crippen LogP contribution in [0.15, 0.2) is 59.1 Å². The van der Waals surface area contributed by atoms with Crippen molar-refractivity contribution in [2.45, 2.75) is 32.4 Å². The van der Waals surface area contributed by atoms with E-state index >= 15 is 0 Å². The van der Waals surface area contributed by atoms with E-state index in [9.17, 15) is 9.59 Å². The van der Waals surface area contributed by atoms with Crippen molar-refractivity contribution in [2.24, 2.45) is 5.73 Å². The van der Waals surface area contributed by atoms with E-state index in [0.29, 0.717) is 5.82 Å². The highest BCUT2D eigenvalue weighted by Gasteiger charge is 2.23. The Balaban J connectivity index is 1.68. The van der Waals surface area contributed by atoms with Crippen molar-refractivity contribution in [3.05, 3.63) is 71.6 Å². The van der Waals surface area contributed by atoms with E-state index < -0.39 is 18.0 Å². The molecule has 0 bridgehead atoms. The fourth-order valence-corrected chi connectivity index (χ4v) is 2.65. The topological polar surface area (TPSA) is 120 Å². The van der Waals surface area contributed by atoms with E-state index in [4.69, 9.17) is 15.0 Å². The molecule has 1 aromatic heterocycles. The largest absolute Gasteiger partial charge is 0.445 e. The molecule has 8 nitrogen and oxygen atoms in total. The molecule has 0 aliphatic carbocycles. The second-order valence-corrected chi connectivity index (χ2v) is 6.59. The predicted octanol–water partition coefficient (Wildman–Crippen LogP) is 3.28. The number of amides is 2. The Morgan fingerprint density at radius 3 is 2.55 bits per heavy atom.